The van der Waals surface area contributed by atoms with Crippen LogP contribution in [-0.4, -0.2) is 35.1 Å². The third kappa shape index (κ3) is 3.75. The van der Waals surface area contributed by atoms with E-state index in [0.717, 1.165) is 42.4 Å². The Balaban J connectivity index is 1.21. The molecule has 6 aliphatic rings. The van der Waals surface area contributed by atoms with Gasteiger partial charge in [0.15, 0.2) is 0 Å². The van der Waals surface area contributed by atoms with E-state index in [-0.39, 0.29) is 6.10 Å². The molecular weight excluding hydrogens is 468 g/mol. The van der Waals surface area contributed by atoms with Crippen LogP contribution in [0.2, 0.25) is 0 Å². The molecule has 0 aromatic heterocycles. The van der Waals surface area contributed by atoms with Crippen molar-refractivity contribution in [1.82, 2.24) is 0 Å². The zero-order chi connectivity index (χ0) is 27.3. The van der Waals surface area contributed by atoms with Crippen molar-refractivity contribution in [3.8, 4) is 0 Å². The highest BCUT2D eigenvalue weighted by molar-refractivity contribution is 5.19. The van der Waals surface area contributed by atoms with Gasteiger partial charge in [0.05, 0.1) is 12.7 Å². The van der Waals surface area contributed by atoms with E-state index in [1.807, 2.05) is 0 Å². The molecule has 5 unspecified atom stereocenters. The second-order valence-electron chi connectivity index (χ2n) is 17.3. The summed E-state index contributed by atoms with van der Waals surface area (Å²) in [5, 5.41) is 20.2. The second-order valence-corrected chi connectivity index (χ2v) is 17.3. The van der Waals surface area contributed by atoms with E-state index in [1.165, 1.54) is 70.6 Å². The highest BCUT2D eigenvalue weighted by atomic mass is 16.5. The Morgan fingerprint density at radius 2 is 1.39 bits per heavy atom. The summed E-state index contributed by atoms with van der Waals surface area (Å²) in [6.07, 6.45) is 16.3. The van der Waals surface area contributed by atoms with Crippen LogP contribution in [0.5, 0.6) is 0 Å². The maximum atomic E-state index is 10.3. The zero-order valence-corrected chi connectivity index (χ0v) is 25.9. The Morgan fingerprint density at radius 3 is 2.05 bits per heavy atom. The Labute approximate surface area is 234 Å². The Kier molecular flexibility index (Phi) is 6.78. The lowest BCUT2D eigenvalue weighted by Gasteiger charge is -2.73. The van der Waals surface area contributed by atoms with Gasteiger partial charge in [-0.05, 0) is 140 Å². The normalized spacial score (nSPS) is 56.4. The number of aliphatic hydroxyl groups is 2. The molecule has 1 saturated heterocycles. The standard InChI is InChI=1S/C35H60O3/c1-22(9-10-26-30(37)25(36)21-38-26)23-13-18-32(4)24(23)14-19-34(6)28(32)11-12-29-33(5)17-8-16-31(2,3)27(33)15-20-35(29,34)7/h22-30,36-37H,8-21H2,1-7H3/t22?,23-,24?,25+,26-,27?,28?,29?,30+,32+,33+,34-,35-/m1/s1. The summed E-state index contributed by atoms with van der Waals surface area (Å²) >= 11 is 0. The predicted molar refractivity (Wildman–Crippen MR) is 155 cm³/mol. The first kappa shape index (κ1) is 28.0. The first-order valence-corrected chi connectivity index (χ1v) is 16.8. The SMILES string of the molecule is CC(CC[C@H]1OC[C@H](O)[C@@H]1O)[C@H]1CC[C@@]2(C)C1CC[C@]1(C)C2CCC2[C@@]3(C)CCCC(C)(C)C3CC[C@]21C. The molecule has 1 aliphatic heterocycles. The van der Waals surface area contributed by atoms with E-state index in [9.17, 15) is 10.2 Å². The Bertz CT molecular complexity index is 900. The maximum Gasteiger partial charge on any atom is 0.108 e. The van der Waals surface area contributed by atoms with E-state index in [0.29, 0.717) is 39.6 Å². The summed E-state index contributed by atoms with van der Waals surface area (Å²) in [6.45, 7) is 19.0. The maximum absolute atomic E-state index is 10.3. The number of aliphatic hydroxyl groups excluding tert-OH is 2. The fraction of sp³-hybridized carbons (Fsp3) is 1.00. The molecule has 218 valence electrons. The molecule has 1 heterocycles. The van der Waals surface area contributed by atoms with Crippen LogP contribution in [-0.2, 0) is 4.74 Å². The molecule has 38 heavy (non-hydrogen) atoms. The summed E-state index contributed by atoms with van der Waals surface area (Å²) in [7, 11) is 0. The summed E-state index contributed by atoms with van der Waals surface area (Å²) in [4.78, 5) is 0. The molecule has 0 bridgehead atoms. The molecule has 2 N–H and O–H groups in total. The summed E-state index contributed by atoms with van der Waals surface area (Å²) in [5.41, 5.74) is 2.51. The van der Waals surface area contributed by atoms with Crippen LogP contribution in [0.4, 0.5) is 0 Å². The lowest BCUT2D eigenvalue weighted by molar-refractivity contribution is -0.241. The Hall–Kier alpha value is -0.120. The van der Waals surface area contributed by atoms with Gasteiger partial charge in [-0.2, -0.15) is 0 Å². The average molecular weight is 529 g/mol. The first-order chi connectivity index (χ1) is 17.8. The molecule has 3 heteroatoms. The molecule has 5 saturated carbocycles. The van der Waals surface area contributed by atoms with E-state index in [1.54, 1.807) is 0 Å². The third-order valence-corrected chi connectivity index (χ3v) is 15.7. The number of ether oxygens (including phenoxy) is 1. The Morgan fingerprint density at radius 1 is 0.737 bits per heavy atom. The van der Waals surface area contributed by atoms with Gasteiger partial charge in [-0.25, -0.2) is 0 Å². The zero-order valence-electron chi connectivity index (χ0n) is 25.9. The molecule has 0 amide bonds. The summed E-state index contributed by atoms with van der Waals surface area (Å²) in [5.74, 6) is 5.03. The van der Waals surface area contributed by atoms with Crippen LogP contribution in [0.1, 0.15) is 132 Å². The van der Waals surface area contributed by atoms with Crippen LogP contribution < -0.4 is 0 Å². The smallest absolute Gasteiger partial charge is 0.108 e. The van der Waals surface area contributed by atoms with Gasteiger partial charge >= 0.3 is 0 Å². The van der Waals surface area contributed by atoms with E-state index < -0.39 is 12.2 Å². The second kappa shape index (κ2) is 9.19. The molecule has 0 aromatic carbocycles. The number of hydrogen-bond acceptors (Lipinski definition) is 3. The number of rotatable bonds is 4. The van der Waals surface area contributed by atoms with Crippen molar-refractivity contribution in [2.24, 2.45) is 62.6 Å². The molecular formula is C35H60O3. The van der Waals surface area contributed by atoms with Gasteiger partial charge < -0.3 is 14.9 Å². The van der Waals surface area contributed by atoms with Crippen molar-refractivity contribution in [3.63, 3.8) is 0 Å². The van der Waals surface area contributed by atoms with Gasteiger partial charge in [-0.3, -0.25) is 0 Å². The first-order valence-electron chi connectivity index (χ1n) is 16.8. The van der Waals surface area contributed by atoms with Gasteiger partial charge in [0, 0.05) is 0 Å². The van der Waals surface area contributed by atoms with Gasteiger partial charge in [-0.15, -0.1) is 0 Å². The van der Waals surface area contributed by atoms with E-state index >= 15 is 0 Å². The van der Waals surface area contributed by atoms with E-state index in [2.05, 4.69) is 48.5 Å². The van der Waals surface area contributed by atoms with Crippen LogP contribution in [0.15, 0.2) is 0 Å². The molecule has 0 radical (unpaired) electrons. The molecule has 6 fully saturated rings. The lowest BCUT2D eigenvalue weighted by atomic mass is 9.32. The van der Waals surface area contributed by atoms with Crippen LogP contribution in [0.25, 0.3) is 0 Å². The molecule has 0 spiro atoms. The molecule has 3 nitrogen and oxygen atoms in total. The van der Waals surface area contributed by atoms with Crippen LogP contribution in [0.3, 0.4) is 0 Å². The minimum Gasteiger partial charge on any atom is -0.388 e. The number of hydrogen-bond donors (Lipinski definition) is 2. The van der Waals surface area contributed by atoms with Gasteiger partial charge in [-0.1, -0.05) is 54.9 Å². The lowest BCUT2D eigenvalue weighted by Crippen LogP contribution is -2.65. The topological polar surface area (TPSA) is 49.7 Å². The molecule has 0 aromatic rings. The van der Waals surface area contributed by atoms with Crippen molar-refractivity contribution in [3.05, 3.63) is 0 Å². The average Bonchev–Trinajstić information content (AvgIpc) is 3.36. The quantitative estimate of drug-likeness (QED) is 0.388. The highest BCUT2D eigenvalue weighted by Gasteiger charge is 2.70. The molecule has 5 aliphatic carbocycles. The minimum absolute atomic E-state index is 0.175. The highest BCUT2D eigenvalue weighted by Crippen LogP contribution is 2.78. The van der Waals surface area contributed by atoms with Crippen LogP contribution >= 0.6 is 0 Å². The van der Waals surface area contributed by atoms with Crippen LogP contribution in [0, 0.1) is 62.6 Å². The predicted octanol–water partition coefficient (Wildman–Crippen LogP) is 8.01. The third-order valence-electron chi connectivity index (χ3n) is 15.7. The van der Waals surface area contributed by atoms with Crippen molar-refractivity contribution >= 4 is 0 Å². The summed E-state index contributed by atoms with van der Waals surface area (Å²) < 4.78 is 5.72. The van der Waals surface area contributed by atoms with Crippen molar-refractivity contribution in [2.75, 3.05) is 6.61 Å². The molecule has 13 atom stereocenters. The largest absolute Gasteiger partial charge is 0.388 e. The van der Waals surface area contributed by atoms with Crippen molar-refractivity contribution in [1.29, 1.82) is 0 Å². The fourth-order valence-corrected chi connectivity index (χ4v) is 13.6. The van der Waals surface area contributed by atoms with Gasteiger partial charge in [0.25, 0.3) is 0 Å². The monoisotopic (exact) mass is 528 g/mol. The summed E-state index contributed by atoms with van der Waals surface area (Å²) in [6, 6.07) is 0. The fourth-order valence-electron chi connectivity index (χ4n) is 13.6. The van der Waals surface area contributed by atoms with Gasteiger partial charge in [0.2, 0.25) is 0 Å². The minimum atomic E-state index is -0.700. The van der Waals surface area contributed by atoms with E-state index in [4.69, 9.17) is 4.74 Å². The van der Waals surface area contributed by atoms with Crippen molar-refractivity contribution < 1.29 is 14.9 Å². The van der Waals surface area contributed by atoms with Crippen molar-refractivity contribution in [2.45, 2.75) is 150 Å². The number of fused-ring (bicyclic) bond motifs is 7. The van der Waals surface area contributed by atoms with Gasteiger partial charge in [0.1, 0.15) is 12.2 Å². The molecule has 6 rings (SSSR count).